The van der Waals surface area contributed by atoms with Crippen molar-refractivity contribution in [3.8, 4) is 11.5 Å². The van der Waals surface area contributed by atoms with Crippen LogP contribution in [0.4, 0.5) is 5.69 Å². The Morgan fingerprint density at radius 2 is 2.19 bits per heavy atom. The van der Waals surface area contributed by atoms with Crippen LogP contribution in [0.5, 0.6) is 0 Å². The number of nitrogens with two attached hydrogens (primary N) is 1. The van der Waals surface area contributed by atoms with E-state index in [-0.39, 0.29) is 0 Å². The number of nitrogen functional groups attached to an aromatic ring is 1. The minimum absolute atomic E-state index is 0.461. The Bertz CT molecular complexity index is 657. The highest BCUT2D eigenvalue weighted by Gasteiger charge is 2.14. The maximum Gasteiger partial charge on any atom is 0.224 e. The lowest BCUT2D eigenvalue weighted by Gasteiger charge is -1.91. The Morgan fingerprint density at radius 3 is 2.88 bits per heavy atom. The number of nitrogens with zero attached hydrogens (tertiary/aromatic N) is 1. The van der Waals surface area contributed by atoms with Crippen molar-refractivity contribution in [2.24, 2.45) is 0 Å². The minimum atomic E-state index is 0.461. The van der Waals surface area contributed by atoms with Gasteiger partial charge in [-0.1, -0.05) is 17.3 Å². The fraction of sp³-hybridized carbons (Fsp3) is 0. The lowest BCUT2D eigenvalue weighted by atomic mass is 10.2. The number of para-hydroxylation sites is 1. The van der Waals surface area contributed by atoms with Crippen LogP contribution in [0.2, 0.25) is 0 Å². The third-order valence-corrected chi connectivity index (χ3v) is 2.94. The van der Waals surface area contributed by atoms with E-state index in [1.807, 2.05) is 24.3 Å². The van der Waals surface area contributed by atoms with E-state index in [0.29, 0.717) is 17.2 Å². The van der Waals surface area contributed by atoms with E-state index in [2.05, 4.69) is 21.1 Å². The number of halogens is 1. The molecule has 2 N–H and O–H groups in total. The lowest BCUT2D eigenvalue weighted by molar-refractivity contribution is 0.421. The van der Waals surface area contributed by atoms with Crippen LogP contribution in [0.1, 0.15) is 0 Å². The molecule has 0 aliphatic carbocycles. The third kappa shape index (κ3) is 1.32. The van der Waals surface area contributed by atoms with Crippen LogP contribution in [0, 0.1) is 0 Å². The van der Waals surface area contributed by atoms with Gasteiger partial charge in [-0.15, -0.1) is 0 Å². The van der Waals surface area contributed by atoms with Crippen molar-refractivity contribution in [2.75, 3.05) is 5.73 Å². The highest BCUT2D eigenvalue weighted by atomic mass is 79.9. The quantitative estimate of drug-likeness (QED) is 0.741. The number of anilines is 1. The summed E-state index contributed by atoms with van der Waals surface area (Å²) in [4.78, 5) is 0. The molecule has 0 unspecified atom stereocenters. The molecule has 0 spiro atoms. The summed E-state index contributed by atoms with van der Waals surface area (Å²) in [5, 5.41) is 4.61. The Kier molecular flexibility index (Phi) is 2.00. The van der Waals surface area contributed by atoms with Crippen LogP contribution in [0.25, 0.3) is 22.5 Å². The van der Waals surface area contributed by atoms with Crippen LogP contribution < -0.4 is 5.73 Å². The van der Waals surface area contributed by atoms with Gasteiger partial charge in [0.2, 0.25) is 5.76 Å². The van der Waals surface area contributed by atoms with Crippen LogP contribution >= 0.6 is 15.9 Å². The van der Waals surface area contributed by atoms with Gasteiger partial charge in [-0.25, -0.2) is 0 Å². The van der Waals surface area contributed by atoms with Crippen molar-refractivity contribution < 1.29 is 8.94 Å². The number of benzene rings is 1. The van der Waals surface area contributed by atoms with Gasteiger partial charge < -0.3 is 14.7 Å². The van der Waals surface area contributed by atoms with E-state index in [4.69, 9.17) is 14.7 Å². The molecule has 0 fully saturated rings. The molecule has 2 aromatic heterocycles. The van der Waals surface area contributed by atoms with Crippen molar-refractivity contribution in [3.63, 3.8) is 0 Å². The molecular weight excluding hydrogens is 272 g/mol. The molecule has 0 atom stereocenters. The van der Waals surface area contributed by atoms with E-state index < -0.39 is 0 Å². The first-order valence-corrected chi connectivity index (χ1v) is 5.43. The van der Waals surface area contributed by atoms with Gasteiger partial charge in [0.25, 0.3) is 0 Å². The zero-order valence-electron chi connectivity index (χ0n) is 8.11. The molecule has 80 valence electrons. The van der Waals surface area contributed by atoms with Gasteiger partial charge >= 0.3 is 0 Å². The van der Waals surface area contributed by atoms with Crippen LogP contribution in [0.3, 0.4) is 0 Å². The summed E-state index contributed by atoms with van der Waals surface area (Å²) in [7, 11) is 0. The fourth-order valence-corrected chi connectivity index (χ4v) is 2.04. The Hall–Kier alpha value is -1.75. The standard InChI is InChI=1S/C11H7BrN2O2/c12-7-3-1-2-6-4-9(15-10(6)7)11-8(13)5-14-16-11/h1-5H,13H2. The summed E-state index contributed by atoms with van der Waals surface area (Å²) in [5.74, 6) is 1.04. The molecule has 0 saturated carbocycles. The monoisotopic (exact) mass is 278 g/mol. The predicted octanol–water partition coefficient (Wildman–Crippen LogP) is 3.43. The third-order valence-electron chi connectivity index (χ3n) is 2.32. The van der Waals surface area contributed by atoms with Gasteiger partial charge in [0.05, 0.1) is 10.7 Å². The van der Waals surface area contributed by atoms with Crippen molar-refractivity contribution in [1.82, 2.24) is 5.16 Å². The summed E-state index contributed by atoms with van der Waals surface area (Å²) in [5.41, 5.74) is 6.94. The van der Waals surface area contributed by atoms with Gasteiger partial charge in [0.15, 0.2) is 5.76 Å². The van der Waals surface area contributed by atoms with Gasteiger partial charge in [0.1, 0.15) is 11.3 Å². The number of hydrogen-bond acceptors (Lipinski definition) is 4. The van der Waals surface area contributed by atoms with Crippen molar-refractivity contribution in [3.05, 3.63) is 34.9 Å². The maximum absolute atomic E-state index is 5.70. The summed E-state index contributed by atoms with van der Waals surface area (Å²) < 4.78 is 11.6. The van der Waals surface area contributed by atoms with E-state index >= 15 is 0 Å². The molecule has 0 aliphatic heterocycles. The molecule has 2 heterocycles. The smallest absolute Gasteiger partial charge is 0.224 e. The van der Waals surface area contributed by atoms with E-state index in [0.717, 1.165) is 15.4 Å². The Balaban J connectivity index is 2.27. The average molecular weight is 279 g/mol. The summed E-state index contributed by atoms with van der Waals surface area (Å²) in [6, 6.07) is 7.69. The van der Waals surface area contributed by atoms with E-state index in [1.165, 1.54) is 6.20 Å². The van der Waals surface area contributed by atoms with Crippen LogP contribution in [-0.2, 0) is 0 Å². The number of furan rings is 1. The molecule has 0 radical (unpaired) electrons. The van der Waals surface area contributed by atoms with Crippen molar-refractivity contribution in [2.45, 2.75) is 0 Å². The normalized spacial score (nSPS) is 11.1. The van der Waals surface area contributed by atoms with Gasteiger partial charge in [-0.3, -0.25) is 0 Å². The summed E-state index contributed by atoms with van der Waals surface area (Å²) in [6.45, 7) is 0. The van der Waals surface area contributed by atoms with Crippen LogP contribution in [-0.4, -0.2) is 5.16 Å². The number of aromatic nitrogens is 1. The van der Waals surface area contributed by atoms with Gasteiger partial charge in [0, 0.05) is 5.39 Å². The average Bonchev–Trinajstić information content (AvgIpc) is 2.84. The second-order valence-electron chi connectivity index (χ2n) is 3.38. The number of hydrogen-bond donors (Lipinski definition) is 1. The second kappa shape index (κ2) is 3.38. The highest BCUT2D eigenvalue weighted by molar-refractivity contribution is 9.10. The van der Waals surface area contributed by atoms with Crippen molar-refractivity contribution >= 4 is 32.6 Å². The highest BCUT2D eigenvalue weighted by Crippen LogP contribution is 2.34. The molecular formula is C11H7BrN2O2. The molecule has 0 aliphatic rings. The van der Waals surface area contributed by atoms with Crippen LogP contribution in [0.15, 0.2) is 43.9 Å². The Labute approximate surface area is 99.1 Å². The predicted molar refractivity (Wildman–Crippen MR) is 63.8 cm³/mol. The van der Waals surface area contributed by atoms with Gasteiger partial charge in [-0.2, -0.15) is 0 Å². The molecule has 5 heteroatoms. The first kappa shape index (κ1) is 9.47. The molecule has 3 aromatic rings. The van der Waals surface area contributed by atoms with Crippen molar-refractivity contribution in [1.29, 1.82) is 0 Å². The number of rotatable bonds is 1. The summed E-state index contributed by atoms with van der Waals surface area (Å²) in [6.07, 6.45) is 1.46. The Morgan fingerprint density at radius 1 is 1.31 bits per heavy atom. The first-order chi connectivity index (χ1) is 7.75. The molecule has 0 amide bonds. The molecule has 1 aromatic carbocycles. The van der Waals surface area contributed by atoms with Gasteiger partial charge in [-0.05, 0) is 28.1 Å². The fourth-order valence-electron chi connectivity index (χ4n) is 1.57. The maximum atomic E-state index is 5.70. The molecule has 4 nitrogen and oxygen atoms in total. The lowest BCUT2D eigenvalue weighted by Crippen LogP contribution is -1.82. The van der Waals surface area contributed by atoms with E-state index in [1.54, 1.807) is 0 Å². The largest absolute Gasteiger partial charge is 0.451 e. The minimum Gasteiger partial charge on any atom is -0.451 e. The SMILES string of the molecule is Nc1cnoc1-c1cc2cccc(Br)c2o1. The zero-order valence-corrected chi connectivity index (χ0v) is 9.69. The van der Waals surface area contributed by atoms with E-state index in [9.17, 15) is 0 Å². The second-order valence-corrected chi connectivity index (χ2v) is 4.23. The number of fused-ring (bicyclic) bond motifs is 1. The zero-order chi connectivity index (χ0) is 11.1. The topological polar surface area (TPSA) is 65.2 Å². The molecule has 0 saturated heterocycles. The first-order valence-electron chi connectivity index (χ1n) is 4.64. The molecule has 16 heavy (non-hydrogen) atoms. The molecule has 0 bridgehead atoms. The summed E-state index contributed by atoms with van der Waals surface area (Å²) >= 11 is 3.42. The molecule has 3 rings (SSSR count).